The van der Waals surface area contributed by atoms with E-state index in [1.54, 1.807) is 0 Å². The fraction of sp³-hybridized carbons (Fsp3) is 0.524. The molecule has 5 nitrogen and oxygen atoms in total. The second kappa shape index (κ2) is 11.2. The molecule has 2 N–H and O–H groups in total. The third-order valence-electron chi connectivity index (χ3n) is 5.22. The zero-order valence-corrected chi connectivity index (χ0v) is 20.7. The SMILES string of the molecule is CCNC(=NCC1(c2ccccc2Br)CC1)NCCCCn1ccnc1C.I. The maximum Gasteiger partial charge on any atom is 0.191 e. The molecule has 0 radical (unpaired) electrons. The highest BCUT2D eigenvalue weighted by molar-refractivity contribution is 14.0. The molecule has 1 aliphatic carbocycles. The molecule has 28 heavy (non-hydrogen) atoms. The Labute approximate surface area is 194 Å². The lowest BCUT2D eigenvalue weighted by Crippen LogP contribution is -2.38. The van der Waals surface area contributed by atoms with Crippen molar-refractivity contribution in [3.63, 3.8) is 0 Å². The predicted molar refractivity (Wildman–Crippen MR) is 131 cm³/mol. The topological polar surface area (TPSA) is 54.2 Å². The van der Waals surface area contributed by atoms with Crippen LogP contribution in [0.3, 0.4) is 0 Å². The third kappa shape index (κ3) is 6.20. The first kappa shape index (κ1) is 23.2. The van der Waals surface area contributed by atoms with Gasteiger partial charge in [-0.2, -0.15) is 0 Å². The van der Waals surface area contributed by atoms with E-state index >= 15 is 0 Å². The summed E-state index contributed by atoms with van der Waals surface area (Å²) in [5, 5.41) is 6.86. The summed E-state index contributed by atoms with van der Waals surface area (Å²) in [6, 6.07) is 8.55. The fourth-order valence-corrected chi connectivity index (χ4v) is 4.09. The lowest BCUT2D eigenvalue weighted by Gasteiger charge is -2.17. The Kier molecular flexibility index (Phi) is 9.27. The number of rotatable bonds is 9. The van der Waals surface area contributed by atoms with Crippen molar-refractivity contribution in [2.75, 3.05) is 19.6 Å². The van der Waals surface area contributed by atoms with Gasteiger partial charge in [0.2, 0.25) is 0 Å². The number of aliphatic imine (C=N–C) groups is 1. The Morgan fingerprint density at radius 1 is 1.25 bits per heavy atom. The summed E-state index contributed by atoms with van der Waals surface area (Å²) in [7, 11) is 0. The molecule has 0 bridgehead atoms. The summed E-state index contributed by atoms with van der Waals surface area (Å²) in [5.41, 5.74) is 1.60. The second-order valence-corrected chi connectivity index (χ2v) is 8.11. The summed E-state index contributed by atoms with van der Waals surface area (Å²) >= 11 is 3.70. The van der Waals surface area contributed by atoms with Gasteiger partial charge >= 0.3 is 0 Å². The summed E-state index contributed by atoms with van der Waals surface area (Å²) in [6.45, 7) is 7.82. The van der Waals surface area contributed by atoms with Crippen molar-refractivity contribution < 1.29 is 0 Å². The lowest BCUT2D eigenvalue weighted by atomic mass is 9.96. The molecule has 0 unspecified atom stereocenters. The first-order valence-corrected chi connectivity index (χ1v) is 10.7. The van der Waals surface area contributed by atoms with Gasteiger partial charge in [0.15, 0.2) is 5.96 Å². The second-order valence-electron chi connectivity index (χ2n) is 7.26. The van der Waals surface area contributed by atoms with Crippen LogP contribution in [0, 0.1) is 6.92 Å². The number of unbranched alkanes of at least 4 members (excludes halogenated alkanes) is 1. The summed E-state index contributed by atoms with van der Waals surface area (Å²) < 4.78 is 3.40. The molecule has 1 aromatic carbocycles. The number of aromatic nitrogens is 2. The van der Waals surface area contributed by atoms with E-state index in [1.807, 2.05) is 19.3 Å². The van der Waals surface area contributed by atoms with Crippen LogP contribution in [0.2, 0.25) is 0 Å². The molecule has 1 heterocycles. The van der Waals surface area contributed by atoms with Gasteiger partial charge in [0.05, 0.1) is 6.54 Å². The molecule has 1 aromatic heterocycles. The maximum atomic E-state index is 4.89. The number of hydrogen-bond donors (Lipinski definition) is 2. The number of imidazole rings is 1. The minimum Gasteiger partial charge on any atom is -0.357 e. The monoisotopic (exact) mass is 559 g/mol. The summed E-state index contributed by atoms with van der Waals surface area (Å²) in [6.07, 6.45) is 8.57. The van der Waals surface area contributed by atoms with Crippen molar-refractivity contribution in [1.82, 2.24) is 20.2 Å². The lowest BCUT2D eigenvalue weighted by molar-refractivity contribution is 0.587. The Hall–Kier alpha value is -1.09. The molecule has 1 aliphatic rings. The van der Waals surface area contributed by atoms with Crippen molar-refractivity contribution in [3.05, 3.63) is 52.5 Å². The van der Waals surface area contributed by atoms with Crippen molar-refractivity contribution in [2.24, 2.45) is 4.99 Å². The van der Waals surface area contributed by atoms with Gasteiger partial charge in [-0.25, -0.2) is 4.98 Å². The third-order valence-corrected chi connectivity index (χ3v) is 5.92. The maximum absolute atomic E-state index is 4.89. The number of benzene rings is 1. The van der Waals surface area contributed by atoms with Crippen LogP contribution in [0.15, 0.2) is 46.1 Å². The van der Waals surface area contributed by atoms with E-state index in [9.17, 15) is 0 Å². The van der Waals surface area contributed by atoms with E-state index in [0.717, 1.165) is 50.8 Å². The van der Waals surface area contributed by atoms with E-state index in [2.05, 4.69) is 67.3 Å². The largest absolute Gasteiger partial charge is 0.357 e. The summed E-state index contributed by atoms with van der Waals surface area (Å²) in [4.78, 5) is 9.15. The van der Waals surface area contributed by atoms with Crippen molar-refractivity contribution in [1.29, 1.82) is 0 Å². The van der Waals surface area contributed by atoms with E-state index in [-0.39, 0.29) is 29.4 Å². The molecule has 0 spiro atoms. The minimum atomic E-state index is 0. The van der Waals surface area contributed by atoms with Gasteiger partial charge in [0.1, 0.15) is 5.82 Å². The highest BCUT2D eigenvalue weighted by Gasteiger charge is 2.45. The number of guanidine groups is 1. The Morgan fingerprint density at radius 2 is 2.04 bits per heavy atom. The van der Waals surface area contributed by atoms with E-state index in [0.29, 0.717) is 0 Å². The van der Waals surface area contributed by atoms with Gasteiger partial charge in [-0.15, -0.1) is 24.0 Å². The molecule has 0 aliphatic heterocycles. The van der Waals surface area contributed by atoms with Gasteiger partial charge in [0, 0.05) is 41.9 Å². The Balaban J connectivity index is 0.00000280. The van der Waals surface area contributed by atoms with Gasteiger partial charge in [-0.05, 0) is 51.2 Å². The molecule has 1 fully saturated rings. The van der Waals surface area contributed by atoms with Gasteiger partial charge in [0.25, 0.3) is 0 Å². The van der Waals surface area contributed by atoms with Crippen molar-refractivity contribution >= 4 is 45.9 Å². The van der Waals surface area contributed by atoms with Gasteiger partial charge < -0.3 is 15.2 Å². The highest BCUT2D eigenvalue weighted by Crippen LogP contribution is 2.50. The number of nitrogens with zero attached hydrogens (tertiary/aromatic N) is 3. The Morgan fingerprint density at radius 3 is 2.68 bits per heavy atom. The summed E-state index contributed by atoms with van der Waals surface area (Å²) in [5.74, 6) is 2.01. The Bertz CT molecular complexity index is 770. The molecule has 154 valence electrons. The van der Waals surface area contributed by atoms with Crippen LogP contribution in [0.5, 0.6) is 0 Å². The molecular weight excluding hydrogens is 529 g/mol. The van der Waals surface area contributed by atoms with Gasteiger partial charge in [-0.1, -0.05) is 34.1 Å². The van der Waals surface area contributed by atoms with Gasteiger partial charge in [-0.3, -0.25) is 4.99 Å². The quantitative estimate of drug-likeness (QED) is 0.204. The highest BCUT2D eigenvalue weighted by atomic mass is 127. The van der Waals surface area contributed by atoms with E-state index in [1.165, 1.54) is 22.9 Å². The molecule has 3 rings (SSSR count). The van der Waals surface area contributed by atoms with E-state index < -0.39 is 0 Å². The van der Waals surface area contributed by atoms with Crippen molar-refractivity contribution in [3.8, 4) is 0 Å². The number of hydrogen-bond acceptors (Lipinski definition) is 2. The van der Waals surface area contributed by atoms with Crippen LogP contribution in [-0.2, 0) is 12.0 Å². The van der Waals surface area contributed by atoms with Crippen LogP contribution in [-0.4, -0.2) is 35.1 Å². The predicted octanol–water partition coefficient (Wildman–Crippen LogP) is 4.64. The fourth-order valence-electron chi connectivity index (χ4n) is 3.38. The number of aryl methyl sites for hydroxylation is 2. The zero-order chi connectivity index (χ0) is 19.1. The van der Waals surface area contributed by atoms with Crippen LogP contribution in [0.1, 0.15) is 44.0 Å². The molecule has 0 saturated heterocycles. The molecule has 7 heteroatoms. The average Bonchev–Trinajstić information content (AvgIpc) is 3.35. The normalized spacial score (nSPS) is 15.0. The molecule has 1 saturated carbocycles. The first-order valence-electron chi connectivity index (χ1n) is 9.89. The molecule has 2 aromatic rings. The first-order chi connectivity index (χ1) is 13.1. The zero-order valence-electron chi connectivity index (χ0n) is 16.7. The standard InChI is InChI=1S/C21H30BrN5.HI/c1-3-23-20(25-12-6-7-14-27-15-13-24-17(27)2)26-16-21(10-11-21)18-8-4-5-9-19(18)22;/h4-5,8-9,13,15H,3,6-7,10-12,14,16H2,1-2H3,(H2,23,25,26);1H. The average molecular weight is 560 g/mol. The number of nitrogens with one attached hydrogen (secondary N) is 2. The van der Waals surface area contributed by atoms with Crippen LogP contribution in [0.25, 0.3) is 0 Å². The molecule has 0 atom stereocenters. The smallest absolute Gasteiger partial charge is 0.191 e. The van der Waals surface area contributed by atoms with Crippen LogP contribution >= 0.6 is 39.9 Å². The molecule has 0 amide bonds. The van der Waals surface area contributed by atoms with Crippen LogP contribution in [0.4, 0.5) is 0 Å². The van der Waals surface area contributed by atoms with E-state index in [4.69, 9.17) is 4.99 Å². The number of halogens is 2. The minimum absolute atomic E-state index is 0. The van der Waals surface area contributed by atoms with Crippen LogP contribution < -0.4 is 10.6 Å². The van der Waals surface area contributed by atoms with Crippen molar-refractivity contribution in [2.45, 2.75) is 51.5 Å². The molecular formula is C21H31BrIN5.